The SMILES string of the molecule is CC(C)c1cccc(C(C)C)c1F.CCc1cc(C(C)C)c(F)cc1F. The van der Waals surface area contributed by atoms with Gasteiger partial charge in [0, 0.05) is 6.07 Å². The van der Waals surface area contributed by atoms with Gasteiger partial charge in [0.15, 0.2) is 0 Å². The molecule has 3 heteroatoms. The summed E-state index contributed by atoms with van der Waals surface area (Å²) in [6.07, 6.45) is 0.603. The molecular weight excluding hydrogens is 333 g/mol. The van der Waals surface area contributed by atoms with Gasteiger partial charge in [-0.25, -0.2) is 13.2 Å². The monoisotopic (exact) mass is 364 g/mol. The minimum Gasteiger partial charge on any atom is -0.207 e. The number of halogens is 3. The topological polar surface area (TPSA) is 0 Å². The van der Waals surface area contributed by atoms with E-state index in [4.69, 9.17) is 0 Å². The normalized spacial score (nSPS) is 11.1. The maximum Gasteiger partial charge on any atom is 0.130 e. The van der Waals surface area contributed by atoms with Gasteiger partial charge in [-0.3, -0.25) is 0 Å². The molecule has 0 aliphatic rings. The van der Waals surface area contributed by atoms with E-state index in [2.05, 4.69) is 0 Å². The van der Waals surface area contributed by atoms with Crippen molar-refractivity contribution >= 4 is 0 Å². The van der Waals surface area contributed by atoms with Crippen LogP contribution in [-0.4, -0.2) is 0 Å². The second-order valence-electron chi connectivity index (χ2n) is 7.53. The molecule has 26 heavy (non-hydrogen) atoms. The average molecular weight is 364 g/mol. The van der Waals surface area contributed by atoms with Crippen LogP contribution in [0, 0.1) is 17.5 Å². The summed E-state index contributed by atoms with van der Waals surface area (Å²) in [7, 11) is 0. The Balaban J connectivity index is 0.000000260. The van der Waals surface area contributed by atoms with Gasteiger partial charge < -0.3 is 0 Å². The molecule has 0 heterocycles. The van der Waals surface area contributed by atoms with Crippen molar-refractivity contribution in [1.82, 2.24) is 0 Å². The molecule has 0 aliphatic heterocycles. The van der Waals surface area contributed by atoms with E-state index in [0.717, 1.165) is 17.2 Å². The van der Waals surface area contributed by atoms with Crippen LogP contribution in [0.3, 0.4) is 0 Å². The first-order valence-corrected chi connectivity index (χ1v) is 9.36. The molecule has 2 aromatic rings. The minimum absolute atomic E-state index is 0.0208. The number of hydrogen-bond acceptors (Lipinski definition) is 0. The quantitative estimate of drug-likeness (QED) is 0.521. The molecule has 0 saturated heterocycles. The van der Waals surface area contributed by atoms with Gasteiger partial charge in [0.05, 0.1) is 0 Å². The summed E-state index contributed by atoms with van der Waals surface area (Å²) in [4.78, 5) is 0. The highest BCUT2D eigenvalue weighted by Crippen LogP contribution is 2.25. The molecule has 0 N–H and O–H groups in total. The lowest BCUT2D eigenvalue weighted by molar-refractivity contribution is 0.557. The van der Waals surface area contributed by atoms with Gasteiger partial charge >= 0.3 is 0 Å². The van der Waals surface area contributed by atoms with Gasteiger partial charge in [-0.05, 0) is 52.5 Å². The molecule has 0 radical (unpaired) electrons. The standard InChI is InChI=1S/C12H17F.C11H14F2/c1-8(2)10-6-5-7-11(9(3)4)12(10)13;1-4-8-5-9(7(2)3)11(13)6-10(8)12/h5-9H,1-4H3;5-7H,4H2,1-3H3. The van der Waals surface area contributed by atoms with Crippen LogP contribution in [0.4, 0.5) is 13.2 Å². The molecule has 2 aromatic carbocycles. The minimum atomic E-state index is -0.440. The second-order valence-corrected chi connectivity index (χ2v) is 7.53. The molecule has 0 aromatic heterocycles. The Kier molecular flexibility index (Phi) is 8.39. The molecule has 0 saturated carbocycles. The van der Waals surface area contributed by atoms with Crippen LogP contribution < -0.4 is 0 Å². The van der Waals surface area contributed by atoms with E-state index >= 15 is 0 Å². The van der Waals surface area contributed by atoms with Crippen molar-refractivity contribution in [2.45, 2.75) is 72.6 Å². The van der Waals surface area contributed by atoms with E-state index in [9.17, 15) is 13.2 Å². The largest absolute Gasteiger partial charge is 0.207 e. The maximum absolute atomic E-state index is 13.8. The van der Waals surface area contributed by atoms with E-state index < -0.39 is 11.6 Å². The molecule has 0 unspecified atom stereocenters. The van der Waals surface area contributed by atoms with Crippen LogP contribution in [0.15, 0.2) is 30.3 Å². The molecule has 0 atom stereocenters. The molecular formula is C23H31F3. The van der Waals surface area contributed by atoms with Crippen LogP contribution in [0.5, 0.6) is 0 Å². The highest BCUT2D eigenvalue weighted by Gasteiger charge is 2.12. The summed E-state index contributed by atoms with van der Waals surface area (Å²) < 4.78 is 40.0. The predicted molar refractivity (Wildman–Crippen MR) is 104 cm³/mol. The predicted octanol–water partition coefficient (Wildman–Crippen LogP) is 7.72. The molecule has 0 bridgehead atoms. The second kappa shape index (κ2) is 9.80. The Morgan fingerprint density at radius 3 is 1.54 bits per heavy atom. The fourth-order valence-corrected chi connectivity index (χ4v) is 2.79. The summed E-state index contributed by atoms with van der Waals surface area (Å²) in [6, 6.07) is 8.27. The lowest BCUT2D eigenvalue weighted by Crippen LogP contribution is -1.99. The van der Waals surface area contributed by atoms with Crippen molar-refractivity contribution < 1.29 is 13.2 Å². The molecule has 0 aliphatic carbocycles. The zero-order chi connectivity index (χ0) is 20.0. The van der Waals surface area contributed by atoms with Crippen molar-refractivity contribution in [3.63, 3.8) is 0 Å². The van der Waals surface area contributed by atoms with Crippen molar-refractivity contribution in [2.75, 3.05) is 0 Å². The van der Waals surface area contributed by atoms with Crippen LogP contribution >= 0.6 is 0 Å². The Hall–Kier alpha value is -1.77. The summed E-state index contributed by atoms with van der Waals surface area (Å²) in [5.41, 5.74) is 2.83. The third kappa shape index (κ3) is 5.62. The Bertz CT molecular complexity index is 689. The molecule has 144 valence electrons. The Morgan fingerprint density at radius 2 is 1.15 bits per heavy atom. The molecule has 0 nitrogen and oxygen atoms in total. The fourth-order valence-electron chi connectivity index (χ4n) is 2.79. The third-order valence-electron chi connectivity index (χ3n) is 4.47. The van der Waals surface area contributed by atoms with Crippen LogP contribution in [0.1, 0.15) is 88.5 Å². The van der Waals surface area contributed by atoms with E-state index in [1.165, 1.54) is 0 Å². The third-order valence-corrected chi connectivity index (χ3v) is 4.47. The van der Waals surface area contributed by atoms with Crippen molar-refractivity contribution in [2.24, 2.45) is 0 Å². The van der Waals surface area contributed by atoms with Crippen LogP contribution in [0.25, 0.3) is 0 Å². The number of benzene rings is 2. The number of rotatable bonds is 4. The first kappa shape index (κ1) is 22.3. The van der Waals surface area contributed by atoms with E-state index in [1.54, 1.807) is 6.07 Å². The summed E-state index contributed by atoms with van der Waals surface area (Å²) >= 11 is 0. The van der Waals surface area contributed by atoms with Crippen molar-refractivity contribution in [1.29, 1.82) is 0 Å². The smallest absolute Gasteiger partial charge is 0.130 e. The highest BCUT2D eigenvalue weighted by atomic mass is 19.1. The molecule has 0 spiro atoms. The molecule has 2 rings (SSSR count). The fraction of sp³-hybridized carbons (Fsp3) is 0.478. The van der Waals surface area contributed by atoms with Gasteiger partial charge in [0.1, 0.15) is 17.5 Å². The van der Waals surface area contributed by atoms with Crippen LogP contribution in [-0.2, 0) is 6.42 Å². The Morgan fingerprint density at radius 1 is 0.692 bits per heavy atom. The van der Waals surface area contributed by atoms with Crippen LogP contribution in [0.2, 0.25) is 0 Å². The van der Waals surface area contributed by atoms with E-state index in [0.29, 0.717) is 17.5 Å². The lowest BCUT2D eigenvalue weighted by atomic mass is 9.95. The zero-order valence-corrected chi connectivity index (χ0v) is 17.0. The first-order valence-electron chi connectivity index (χ1n) is 9.36. The Labute approximate surface area is 156 Å². The summed E-state index contributed by atoms with van der Waals surface area (Å²) in [6.45, 7) is 13.7. The zero-order valence-electron chi connectivity index (χ0n) is 17.0. The van der Waals surface area contributed by atoms with Crippen molar-refractivity contribution in [3.8, 4) is 0 Å². The lowest BCUT2D eigenvalue weighted by Gasteiger charge is -2.12. The van der Waals surface area contributed by atoms with Gasteiger partial charge in [-0.1, -0.05) is 66.7 Å². The average Bonchev–Trinajstić information content (AvgIpc) is 2.54. The van der Waals surface area contributed by atoms with Gasteiger partial charge in [0.2, 0.25) is 0 Å². The summed E-state index contributed by atoms with van der Waals surface area (Å²) in [5.74, 6) is -0.273. The van der Waals surface area contributed by atoms with Gasteiger partial charge in [-0.15, -0.1) is 0 Å². The maximum atomic E-state index is 13.8. The molecule has 0 amide bonds. The van der Waals surface area contributed by atoms with Gasteiger partial charge in [-0.2, -0.15) is 0 Å². The summed E-state index contributed by atoms with van der Waals surface area (Å²) in [5, 5.41) is 0. The van der Waals surface area contributed by atoms with Gasteiger partial charge in [0.25, 0.3) is 0 Å². The number of hydrogen-bond donors (Lipinski definition) is 0. The first-order chi connectivity index (χ1) is 12.1. The number of aryl methyl sites for hydroxylation is 1. The van der Waals surface area contributed by atoms with E-state index in [1.807, 2.05) is 66.7 Å². The van der Waals surface area contributed by atoms with Crippen molar-refractivity contribution in [3.05, 3.63) is 70.0 Å². The molecule has 0 fully saturated rings. The highest BCUT2D eigenvalue weighted by molar-refractivity contribution is 5.30. The van der Waals surface area contributed by atoms with E-state index in [-0.39, 0.29) is 23.6 Å².